The lowest BCUT2D eigenvalue weighted by atomic mass is 10.0. The quantitative estimate of drug-likeness (QED) is 0.327. The zero-order chi connectivity index (χ0) is 29.5. The SMILES string of the molecule is CC(=O)N1CCC(n2cc(-c3cnc(N)c4oc(-c5nn(C)c6cnccc56)cc34)cn2)CC1.O=C(O)C(F)(F)F. The summed E-state index contributed by atoms with van der Waals surface area (Å²) >= 11 is 0. The van der Waals surface area contributed by atoms with Crippen molar-refractivity contribution in [2.45, 2.75) is 32.0 Å². The fourth-order valence-corrected chi connectivity index (χ4v) is 4.80. The molecule has 0 aliphatic carbocycles. The van der Waals surface area contributed by atoms with E-state index >= 15 is 0 Å². The predicted molar refractivity (Wildman–Crippen MR) is 141 cm³/mol. The standard InChI is InChI=1S/C24H24N8O2.C2HF3O2/c1-14(33)31-7-4-16(5-8-31)32-13-15(10-28-32)19-11-27-24(25)23-18(19)9-21(34-23)22-17-3-6-26-12-20(17)30(2)29-22;3-2(4,5)1(6)7/h3,6,9-13,16H,4-5,7-8H2,1-2H3,(H2,25,27);(H,6,7). The summed E-state index contributed by atoms with van der Waals surface area (Å²) in [5.74, 6) is -1.68. The van der Waals surface area contributed by atoms with Gasteiger partial charge in [0.1, 0.15) is 5.69 Å². The molecular weight excluding hydrogens is 545 g/mol. The van der Waals surface area contributed by atoms with Gasteiger partial charge in [0.2, 0.25) is 5.91 Å². The third-order valence-corrected chi connectivity index (χ3v) is 6.91. The third kappa shape index (κ3) is 5.42. The molecule has 6 heterocycles. The summed E-state index contributed by atoms with van der Waals surface area (Å²) in [6.45, 7) is 3.12. The summed E-state index contributed by atoms with van der Waals surface area (Å²) in [5, 5.41) is 18.2. The monoisotopic (exact) mass is 570 g/mol. The number of fused-ring (bicyclic) bond motifs is 2. The van der Waals surface area contributed by atoms with Crippen molar-refractivity contribution in [3.05, 3.63) is 43.1 Å². The first-order chi connectivity index (χ1) is 19.4. The average Bonchev–Trinajstić information content (AvgIpc) is 3.67. The van der Waals surface area contributed by atoms with E-state index in [1.807, 2.05) is 41.2 Å². The van der Waals surface area contributed by atoms with Crippen molar-refractivity contribution in [2.24, 2.45) is 7.05 Å². The lowest BCUT2D eigenvalue weighted by Crippen LogP contribution is -2.37. The molecule has 214 valence electrons. The van der Waals surface area contributed by atoms with Crippen LogP contribution in [-0.4, -0.2) is 70.7 Å². The topological polar surface area (TPSA) is 158 Å². The maximum absolute atomic E-state index is 11.6. The maximum atomic E-state index is 11.6. The number of halogens is 3. The van der Waals surface area contributed by atoms with Crippen molar-refractivity contribution >= 4 is 39.6 Å². The number of nitrogen functional groups attached to an aromatic ring is 1. The Labute approximate surface area is 230 Å². The molecule has 1 fully saturated rings. The number of hydrogen-bond donors (Lipinski definition) is 2. The van der Waals surface area contributed by atoms with Crippen molar-refractivity contribution in [1.82, 2.24) is 34.4 Å². The van der Waals surface area contributed by atoms with Gasteiger partial charge in [-0.05, 0) is 25.0 Å². The molecule has 1 aliphatic rings. The van der Waals surface area contributed by atoms with Crippen LogP contribution >= 0.6 is 0 Å². The van der Waals surface area contributed by atoms with Gasteiger partial charge in [0.25, 0.3) is 0 Å². The second-order valence-corrected chi connectivity index (χ2v) is 9.52. The Morgan fingerprint density at radius 3 is 2.51 bits per heavy atom. The summed E-state index contributed by atoms with van der Waals surface area (Å²) in [4.78, 5) is 31.0. The van der Waals surface area contributed by atoms with E-state index in [0.29, 0.717) is 17.2 Å². The summed E-state index contributed by atoms with van der Waals surface area (Å²) in [6, 6.07) is 4.15. The Hall–Kier alpha value is -4.95. The number of carboxylic acids is 1. The van der Waals surface area contributed by atoms with Crippen molar-refractivity contribution < 1.29 is 32.3 Å². The van der Waals surface area contributed by atoms with E-state index in [0.717, 1.165) is 59.0 Å². The first-order valence-electron chi connectivity index (χ1n) is 12.5. The Morgan fingerprint density at radius 1 is 1.15 bits per heavy atom. The lowest BCUT2D eigenvalue weighted by molar-refractivity contribution is -0.192. The number of carbonyl (C=O) groups excluding carboxylic acids is 1. The summed E-state index contributed by atoms with van der Waals surface area (Å²) in [5.41, 5.74) is 10.2. The molecule has 41 heavy (non-hydrogen) atoms. The van der Waals surface area contributed by atoms with Crippen molar-refractivity contribution in [1.29, 1.82) is 0 Å². The fraction of sp³-hybridized carbons (Fsp3) is 0.308. The number of furan rings is 1. The minimum atomic E-state index is -5.08. The number of hydrogen-bond acceptors (Lipinski definition) is 8. The van der Waals surface area contributed by atoms with E-state index in [2.05, 4.69) is 20.2 Å². The molecule has 0 bridgehead atoms. The van der Waals surface area contributed by atoms with Crippen molar-refractivity contribution in [2.75, 3.05) is 18.8 Å². The van der Waals surface area contributed by atoms with Crippen LogP contribution in [0.15, 0.2) is 47.5 Å². The van der Waals surface area contributed by atoms with Crippen LogP contribution in [0.2, 0.25) is 0 Å². The Balaban J connectivity index is 0.000000431. The van der Waals surface area contributed by atoms with Gasteiger partial charge in [-0.1, -0.05) is 0 Å². The Kier molecular flexibility index (Phi) is 7.11. The molecule has 3 N–H and O–H groups in total. The number of anilines is 1. The molecule has 1 amide bonds. The average molecular weight is 571 g/mol. The highest BCUT2D eigenvalue weighted by Crippen LogP contribution is 2.38. The zero-order valence-corrected chi connectivity index (χ0v) is 22.0. The van der Waals surface area contributed by atoms with Crippen molar-refractivity contribution in [3.8, 4) is 22.6 Å². The predicted octanol–water partition coefficient (Wildman–Crippen LogP) is 4.04. The molecule has 1 aliphatic heterocycles. The smallest absolute Gasteiger partial charge is 0.475 e. The molecular formula is C26H25F3N8O4. The fourth-order valence-electron chi connectivity index (χ4n) is 4.80. The second-order valence-electron chi connectivity index (χ2n) is 9.52. The summed E-state index contributed by atoms with van der Waals surface area (Å²) in [6.07, 6.45) is 5.85. The first-order valence-corrected chi connectivity index (χ1v) is 12.5. The molecule has 0 atom stereocenters. The number of carboxylic acid groups (broad SMARTS) is 1. The first kappa shape index (κ1) is 27.6. The van der Waals surface area contributed by atoms with Crippen LogP contribution in [-0.2, 0) is 16.6 Å². The zero-order valence-electron chi connectivity index (χ0n) is 22.0. The number of likely N-dealkylation sites (tertiary alicyclic amines) is 1. The lowest BCUT2D eigenvalue weighted by Gasteiger charge is -2.31. The van der Waals surface area contributed by atoms with Crippen LogP contribution in [0.3, 0.4) is 0 Å². The molecule has 5 aromatic rings. The number of rotatable bonds is 3. The van der Waals surface area contributed by atoms with E-state index in [4.69, 9.17) is 20.1 Å². The molecule has 1 saturated heterocycles. The number of aromatic nitrogens is 6. The number of piperidine rings is 1. The summed E-state index contributed by atoms with van der Waals surface area (Å²) < 4.78 is 41.7. The number of carbonyl (C=O) groups is 2. The Morgan fingerprint density at radius 2 is 1.85 bits per heavy atom. The van der Waals surface area contributed by atoms with Gasteiger partial charge in [0.05, 0.1) is 24.0 Å². The van der Waals surface area contributed by atoms with Crippen LogP contribution < -0.4 is 5.73 Å². The number of alkyl halides is 3. The number of aryl methyl sites for hydroxylation is 1. The van der Waals surface area contributed by atoms with Crippen molar-refractivity contribution in [3.63, 3.8) is 0 Å². The highest BCUT2D eigenvalue weighted by Gasteiger charge is 2.38. The third-order valence-electron chi connectivity index (χ3n) is 6.91. The van der Waals surface area contributed by atoms with Crippen LogP contribution in [0.1, 0.15) is 25.8 Å². The summed E-state index contributed by atoms with van der Waals surface area (Å²) in [7, 11) is 1.88. The molecule has 0 saturated carbocycles. The molecule has 15 heteroatoms. The molecule has 12 nitrogen and oxygen atoms in total. The van der Waals surface area contributed by atoms with Gasteiger partial charge in [-0.15, -0.1) is 0 Å². The number of amides is 1. The van der Waals surface area contributed by atoms with Gasteiger partial charge in [-0.25, -0.2) is 9.78 Å². The van der Waals surface area contributed by atoms with E-state index in [1.54, 1.807) is 30.2 Å². The minimum Gasteiger partial charge on any atom is -0.475 e. The number of nitrogens with zero attached hydrogens (tertiary/aromatic N) is 7. The molecule has 5 aromatic heterocycles. The van der Waals surface area contributed by atoms with Gasteiger partial charge in [0, 0.05) is 67.6 Å². The van der Waals surface area contributed by atoms with E-state index < -0.39 is 12.1 Å². The van der Waals surface area contributed by atoms with Gasteiger partial charge in [-0.3, -0.25) is 19.1 Å². The molecule has 0 spiro atoms. The minimum absolute atomic E-state index is 0.127. The van der Waals surface area contributed by atoms with E-state index in [1.165, 1.54) is 0 Å². The number of nitrogens with two attached hydrogens (primary N) is 1. The molecule has 0 unspecified atom stereocenters. The van der Waals surface area contributed by atoms with E-state index in [-0.39, 0.29) is 11.9 Å². The van der Waals surface area contributed by atoms with Crippen LogP contribution in [0, 0.1) is 0 Å². The molecule has 0 radical (unpaired) electrons. The highest BCUT2D eigenvalue weighted by atomic mass is 19.4. The van der Waals surface area contributed by atoms with Crippen LogP contribution in [0.25, 0.3) is 44.5 Å². The van der Waals surface area contributed by atoms with E-state index in [9.17, 15) is 18.0 Å². The normalized spacial score (nSPS) is 14.3. The van der Waals surface area contributed by atoms with Gasteiger partial charge < -0.3 is 20.2 Å². The second kappa shape index (κ2) is 10.6. The largest absolute Gasteiger partial charge is 0.490 e. The van der Waals surface area contributed by atoms with Gasteiger partial charge >= 0.3 is 12.1 Å². The maximum Gasteiger partial charge on any atom is 0.490 e. The van der Waals surface area contributed by atoms with Crippen LogP contribution in [0.5, 0.6) is 0 Å². The molecule has 6 rings (SSSR count). The highest BCUT2D eigenvalue weighted by molar-refractivity contribution is 6.02. The Bertz CT molecular complexity index is 1750. The van der Waals surface area contributed by atoms with Gasteiger partial charge in [-0.2, -0.15) is 23.4 Å². The number of aliphatic carboxylic acids is 1. The van der Waals surface area contributed by atoms with Gasteiger partial charge in [0.15, 0.2) is 17.2 Å². The molecule has 0 aromatic carbocycles. The number of pyridine rings is 2. The van der Waals surface area contributed by atoms with Crippen LogP contribution in [0.4, 0.5) is 19.0 Å².